The quantitative estimate of drug-likeness (QED) is 0.600. The third-order valence-electron chi connectivity index (χ3n) is 3.09. The van der Waals surface area contributed by atoms with Crippen LogP contribution in [-0.2, 0) is 11.2 Å². The molecule has 1 aromatic carbocycles. The molecule has 3 N–H and O–H groups in total. The molecule has 18 heavy (non-hydrogen) atoms. The number of rotatable bonds is 1. The predicted molar refractivity (Wildman–Crippen MR) is 66.0 cm³/mol. The molecular formula is C12H9N5O. The van der Waals surface area contributed by atoms with E-state index in [1.54, 1.807) is 6.20 Å². The van der Waals surface area contributed by atoms with Gasteiger partial charge in [0.05, 0.1) is 17.5 Å². The molecular weight excluding hydrogens is 230 g/mol. The average molecular weight is 239 g/mol. The Hall–Kier alpha value is -2.63. The number of carbonyl (C=O) groups excluding carboxylic acids is 1. The van der Waals surface area contributed by atoms with E-state index in [4.69, 9.17) is 0 Å². The first kappa shape index (κ1) is 9.41. The third-order valence-corrected chi connectivity index (χ3v) is 3.09. The second-order valence-electron chi connectivity index (χ2n) is 4.31. The monoisotopic (exact) mass is 239 g/mol. The lowest BCUT2D eigenvalue weighted by Gasteiger charge is -1.96. The number of aromatic nitrogens is 4. The fourth-order valence-corrected chi connectivity index (χ4v) is 2.25. The molecule has 0 atom stereocenters. The van der Waals surface area contributed by atoms with Crippen LogP contribution in [0.5, 0.6) is 0 Å². The van der Waals surface area contributed by atoms with E-state index >= 15 is 0 Å². The van der Waals surface area contributed by atoms with Crippen molar-refractivity contribution in [2.75, 3.05) is 5.32 Å². The van der Waals surface area contributed by atoms with Crippen molar-refractivity contribution in [1.29, 1.82) is 0 Å². The normalized spacial score (nSPS) is 13.9. The Bertz CT molecular complexity index is 711. The number of carbonyl (C=O) groups is 1. The molecule has 0 bridgehead atoms. The van der Waals surface area contributed by atoms with Gasteiger partial charge in [0, 0.05) is 11.9 Å². The van der Waals surface area contributed by atoms with Crippen molar-refractivity contribution < 1.29 is 4.79 Å². The zero-order valence-electron chi connectivity index (χ0n) is 9.32. The molecule has 1 aliphatic rings. The fraction of sp³-hybridized carbons (Fsp3) is 0.0833. The number of amides is 1. The fourth-order valence-electron chi connectivity index (χ4n) is 2.25. The minimum Gasteiger partial charge on any atom is -0.337 e. The number of fused-ring (bicyclic) bond motifs is 2. The van der Waals surface area contributed by atoms with Crippen molar-refractivity contribution in [3.63, 3.8) is 0 Å². The van der Waals surface area contributed by atoms with E-state index in [0.29, 0.717) is 6.42 Å². The molecule has 3 heterocycles. The first-order chi connectivity index (χ1) is 8.79. The highest BCUT2D eigenvalue weighted by Crippen LogP contribution is 2.28. The van der Waals surface area contributed by atoms with Gasteiger partial charge in [0.2, 0.25) is 5.91 Å². The number of H-pyrrole nitrogens is 2. The lowest BCUT2D eigenvalue weighted by atomic mass is 10.1. The van der Waals surface area contributed by atoms with Crippen LogP contribution in [0.25, 0.3) is 22.6 Å². The molecule has 1 aliphatic heterocycles. The van der Waals surface area contributed by atoms with Crippen molar-refractivity contribution in [1.82, 2.24) is 20.2 Å². The van der Waals surface area contributed by atoms with Crippen LogP contribution in [0.3, 0.4) is 0 Å². The second-order valence-corrected chi connectivity index (χ2v) is 4.31. The lowest BCUT2D eigenvalue weighted by molar-refractivity contribution is -0.115. The molecule has 0 saturated heterocycles. The number of anilines is 1. The summed E-state index contributed by atoms with van der Waals surface area (Å²) in [5, 5.41) is 9.58. The summed E-state index contributed by atoms with van der Waals surface area (Å²) in [4.78, 5) is 19.0. The number of benzene rings is 1. The van der Waals surface area contributed by atoms with E-state index in [1.165, 1.54) is 0 Å². The largest absolute Gasteiger partial charge is 0.337 e. The summed E-state index contributed by atoms with van der Waals surface area (Å²) in [6.45, 7) is 0. The molecule has 2 aromatic heterocycles. The molecule has 6 heteroatoms. The molecule has 3 aromatic rings. The standard InChI is InChI=1S/C12H9N5O/c18-11-4-6-3-9-10(5-8(6)14-11)16-12(15-9)7-1-2-13-17-7/h1-3,5H,4H2,(H,13,17)(H,14,18)(H,15,16). The van der Waals surface area contributed by atoms with Crippen molar-refractivity contribution in [2.24, 2.45) is 0 Å². The van der Waals surface area contributed by atoms with Gasteiger partial charge >= 0.3 is 0 Å². The molecule has 6 nitrogen and oxygen atoms in total. The maximum absolute atomic E-state index is 11.3. The van der Waals surface area contributed by atoms with E-state index in [-0.39, 0.29) is 5.91 Å². The van der Waals surface area contributed by atoms with E-state index < -0.39 is 0 Å². The minimum atomic E-state index is 0.0337. The van der Waals surface area contributed by atoms with Crippen LogP contribution in [0.1, 0.15) is 5.56 Å². The van der Waals surface area contributed by atoms with Crippen LogP contribution < -0.4 is 5.32 Å². The molecule has 1 amide bonds. The van der Waals surface area contributed by atoms with E-state index in [1.807, 2.05) is 18.2 Å². The smallest absolute Gasteiger partial charge is 0.228 e. The van der Waals surface area contributed by atoms with Gasteiger partial charge in [0.1, 0.15) is 5.69 Å². The summed E-state index contributed by atoms with van der Waals surface area (Å²) in [7, 11) is 0. The van der Waals surface area contributed by atoms with Gasteiger partial charge in [0.15, 0.2) is 5.82 Å². The van der Waals surface area contributed by atoms with Crippen LogP contribution in [0, 0.1) is 0 Å². The summed E-state index contributed by atoms with van der Waals surface area (Å²) in [5.41, 5.74) is 4.47. The topological polar surface area (TPSA) is 86.5 Å². The Labute approximate surface area is 101 Å². The Kier molecular flexibility index (Phi) is 1.67. The summed E-state index contributed by atoms with van der Waals surface area (Å²) in [6, 6.07) is 5.72. The number of aromatic amines is 2. The van der Waals surface area contributed by atoms with E-state index in [9.17, 15) is 4.79 Å². The maximum Gasteiger partial charge on any atom is 0.228 e. The van der Waals surface area contributed by atoms with Gasteiger partial charge < -0.3 is 10.3 Å². The summed E-state index contributed by atoms with van der Waals surface area (Å²) in [5.74, 6) is 0.781. The average Bonchev–Trinajstić information content (AvgIpc) is 3.02. The van der Waals surface area contributed by atoms with Gasteiger partial charge in [-0.2, -0.15) is 5.10 Å². The molecule has 88 valence electrons. The Morgan fingerprint density at radius 1 is 1.28 bits per heavy atom. The molecule has 0 fully saturated rings. The minimum absolute atomic E-state index is 0.0337. The zero-order chi connectivity index (χ0) is 12.1. The number of hydrogen-bond acceptors (Lipinski definition) is 3. The van der Waals surface area contributed by atoms with Gasteiger partial charge in [-0.15, -0.1) is 0 Å². The Balaban J connectivity index is 1.90. The molecule has 4 rings (SSSR count). The number of imidazole rings is 1. The van der Waals surface area contributed by atoms with Crippen LogP contribution in [0.2, 0.25) is 0 Å². The van der Waals surface area contributed by atoms with Crippen LogP contribution >= 0.6 is 0 Å². The van der Waals surface area contributed by atoms with E-state index in [2.05, 4.69) is 25.5 Å². The summed E-state index contributed by atoms with van der Waals surface area (Å²) >= 11 is 0. The van der Waals surface area contributed by atoms with Crippen LogP contribution in [-0.4, -0.2) is 26.1 Å². The van der Waals surface area contributed by atoms with Crippen LogP contribution in [0.15, 0.2) is 24.4 Å². The number of hydrogen-bond donors (Lipinski definition) is 3. The predicted octanol–water partition coefficient (Wildman–Crippen LogP) is 1.45. The Morgan fingerprint density at radius 3 is 3.06 bits per heavy atom. The molecule has 0 radical (unpaired) electrons. The Morgan fingerprint density at radius 2 is 2.22 bits per heavy atom. The van der Waals surface area contributed by atoms with Gasteiger partial charge in [-0.1, -0.05) is 0 Å². The second kappa shape index (κ2) is 3.19. The van der Waals surface area contributed by atoms with Crippen molar-refractivity contribution >= 4 is 22.6 Å². The molecule has 0 aliphatic carbocycles. The SMILES string of the molecule is O=C1Cc2cc3[nH]c(-c4ccn[nH]4)nc3cc2N1. The highest BCUT2D eigenvalue weighted by atomic mass is 16.1. The number of nitrogens with zero attached hydrogens (tertiary/aromatic N) is 2. The van der Waals surface area contributed by atoms with E-state index in [0.717, 1.165) is 33.8 Å². The first-order valence-electron chi connectivity index (χ1n) is 5.62. The summed E-state index contributed by atoms with van der Waals surface area (Å²) < 4.78 is 0. The molecule has 0 saturated carbocycles. The number of nitrogens with one attached hydrogen (secondary N) is 3. The van der Waals surface area contributed by atoms with Gasteiger partial charge in [0.25, 0.3) is 0 Å². The van der Waals surface area contributed by atoms with Gasteiger partial charge in [-0.3, -0.25) is 9.89 Å². The van der Waals surface area contributed by atoms with Crippen molar-refractivity contribution in [3.8, 4) is 11.5 Å². The zero-order valence-corrected chi connectivity index (χ0v) is 9.32. The first-order valence-corrected chi connectivity index (χ1v) is 5.62. The highest BCUT2D eigenvalue weighted by Gasteiger charge is 2.19. The third kappa shape index (κ3) is 1.26. The van der Waals surface area contributed by atoms with Crippen molar-refractivity contribution in [3.05, 3.63) is 30.0 Å². The van der Waals surface area contributed by atoms with Crippen molar-refractivity contribution in [2.45, 2.75) is 6.42 Å². The highest BCUT2D eigenvalue weighted by molar-refractivity contribution is 6.02. The molecule has 0 unspecified atom stereocenters. The maximum atomic E-state index is 11.3. The summed E-state index contributed by atoms with van der Waals surface area (Å²) in [6.07, 6.45) is 2.12. The lowest BCUT2D eigenvalue weighted by Crippen LogP contribution is -2.03. The van der Waals surface area contributed by atoms with Gasteiger partial charge in [-0.05, 0) is 23.8 Å². The molecule has 0 spiro atoms. The van der Waals surface area contributed by atoms with Gasteiger partial charge in [-0.25, -0.2) is 4.98 Å². The van der Waals surface area contributed by atoms with Crippen LogP contribution in [0.4, 0.5) is 5.69 Å².